The highest BCUT2D eigenvalue weighted by atomic mass is 16.5. The van der Waals surface area contributed by atoms with E-state index in [0.29, 0.717) is 5.92 Å². The van der Waals surface area contributed by atoms with E-state index >= 15 is 0 Å². The molecule has 1 aliphatic heterocycles. The number of ether oxygens (including phenoxy) is 1. The molecule has 0 bridgehead atoms. The van der Waals surface area contributed by atoms with E-state index in [1.807, 2.05) is 30.3 Å². The van der Waals surface area contributed by atoms with Crippen molar-refractivity contribution < 1.29 is 4.74 Å². The topological polar surface area (TPSA) is 17.4 Å². The molecule has 0 unspecified atom stereocenters. The molecule has 0 amide bonds. The molecular weight excluding hydrogens is 320 g/mol. The number of nitrogens with zero attached hydrogens (tertiary/aromatic N) is 2. The fourth-order valence-corrected chi connectivity index (χ4v) is 4.01. The van der Waals surface area contributed by atoms with Gasteiger partial charge in [-0.25, -0.2) is 0 Å². The molecule has 136 valence electrons. The van der Waals surface area contributed by atoms with Gasteiger partial charge in [0.1, 0.15) is 5.75 Å². The lowest BCUT2D eigenvalue weighted by molar-refractivity contribution is 0.142. The molecule has 1 aromatic heterocycles. The van der Waals surface area contributed by atoms with Gasteiger partial charge in [0.05, 0.1) is 6.61 Å². The van der Waals surface area contributed by atoms with Crippen LogP contribution in [0.4, 0.5) is 0 Å². The number of aryl methyl sites for hydroxylation is 1. The van der Waals surface area contributed by atoms with Crippen LogP contribution in [0, 0.1) is 5.92 Å². The number of likely N-dealkylation sites (tertiary alicyclic amines) is 1. The highest BCUT2D eigenvalue weighted by Gasteiger charge is 2.20. The van der Waals surface area contributed by atoms with E-state index in [1.54, 1.807) is 0 Å². The Labute approximate surface area is 156 Å². The molecular formula is C23H28N2O. The zero-order valence-electron chi connectivity index (χ0n) is 15.6. The maximum Gasteiger partial charge on any atom is 0.119 e. The van der Waals surface area contributed by atoms with Crippen molar-refractivity contribution in [2.75, 3.05) is 26.2 Å². The van der Waals surface area contributed by atoms with Gasteiger partial charge >= 0.3 is 0 Å². The number of rotatable bonds is 6. The number of benzene rings is 2. The molecule has 0 saturated carbocycles. The average molecular weight is 348 g/mol. The number of hydrogen-bond acceptors (Lipinski definition) is 2. The molecule has 3 aromatic rings. The summed E-state index contributed by atoms with van der Waals surface area (Å²) in [5.41, 5.74) is 2.80. The van der Waals surface area contributed by atoms with Gasteiger partial charge in [-0.05, 0) is 62.0 Å². The lowest BCUT2D eigenvalue weighted by Crippen LogP contribution is -2.36. The molecule has 4 rings (SSSR count). The maximum absolute atomic E-state index is 5.94. The SMILES string of the molecule is Cn1cc(CCN2CCC(COc3ccccc3)CC2)c2ccccc21. The number of piperidine rings is 1. The first-order valence-corrected chi connectivity index (χ1v) is 9.73. The van der Waals surface area contributed by atoms with Crippen LogP contribution < -0.4 is 4.74 Å². The third kappa shape index (κ3) is 3.94. The van der Waals surface area contributed by atoms with Crippen molar-refractivity contribution in [3.63, 3.8) is 0 Å². The Morgan fingerprint density at radius 3 is 2.50 bits per heavy atom. The third-order valence-electron chi connectivity index (χ3n) is 5.61. The first kappa shape index (κ1) is 17.2. The van der Waals surface area contributed by atoms with Gasteiger partial charge < -0.3 is 14.2 Å². The van der Waals surface area contributed by atoms with E-state index in [2.05, 4.69) is 47.0 Å². The number of fused-ring (bicyclic) bond motifs is 1. The van der Waals surface area contributed by atoms with Gasteiger partial charge in [0.25, 0.3) is 0 Å². The molecule has 0 atom stereocenters. The van der Waals surface area contributed by atoms with Crippen LogP contribution in [0.5, 0.6) is 5.75 Å². The summed E-state index contributed by atoms with van der Waals surface area (Å²) in [7, 11) is 2.14. The quantitative estimate of drug-likeness (QED) is 0.652. The van der Waals surface area contributed by atoms with Crippen molar-refractivity contribution in [1.82, 2.24) is 9.47 Å². The number of aromatic nitrogens is 1. The highest BCUT2D eigenvalue weighted by molar-refractivity contribution is 5.83. The van der Waals surface area contributed by atoms with Gasteiger partial charge in [-0.3, -0.25) is 0 Å². The molecule has 0 aliphatic carbocycles. The molecule has 26 heavy (non-hydrogen) atoms. The summed E-state index contributed by atoms with van der Waals surface area (Å²) in [4.78, 5) is 2.61. The van der Waals surface area contributed by atoms with Crippen molar-refractivity contribution in [3.05, 3.63) is 66.4 Å². The summed E-state index contributed by atoms with van der Waals surface area (Å²) in [6.07, 6.45) is 5.91. The Hall–Kier alpha value is -2.26. The summed E-state index contributed by atoms with van der Waals surface area (Å²) < 4.78 is 8.19. The maximum atomic E-state index is 5.94. The minimum absolute atomic E-state index is 0.684. The minimum atomic E-state index is 0.684. The van der Waals surface area contributed by atoms with Crippen LogP contribution in [0.3, 0.4) is 0 Å². The summed E-state index contributed by atoms with van der Waals surface area (Å²) in [6, 6.07) is 18.9. The molecule has 2 heterocycles. The second kappa shape index (κ2) is 7.96. The van der Waals surface area contributed by atoms with E-state index in [4.69, 9.17) is 4.74 Å². The Balaban J connectivity index is 1.25. The summed E-state index contributed by atoms with van der Waals surface area (Å²) in [5, 5.41) is 1.40. The van der Waals surface area contributed by atoms with Crippen molar-refractivity contribution >= 4 is 10.9 Å². The molecule has 2 aromatic carbocycles. The van der Waals surface area contributed by atoms with Crippen LogP contribution in [-0.4, -0.2) is 35.7 Å². The summed E-state index contributed by atoms with van der Waals surface area (Å²) in [6.45, 7) is 4.38. The lowest BCUT2D eigenvalue weighted by Gasteiger charge is -2.31. The minimum Gasteiger partial charge on any atom is -0.493 e. The molecule has 3 heteroatoms. The first-order valence-electron chi connectivity index (χ1n) is 9.73. The predicted molar refractivity (Wildman–Crippen MR) is 108 cm³/mol. The van der Waals surface area contributed by atoms with Crippen molar-refractivity contribution in [2.45, 2.75) is 19.3 Å². The largest absolute Gasteiger partial charge is 0.493 e. The second-order valence-corrected chi connectivity index (χ2v) is 7.44. The van der Waals surface area contributed by atoms with Gasteiger partial charge in [0, 0.05) is 30.7 Å². The van der Waals surface area contributed by atoms with Crippen LogP contribution in [0.1, 0.15) is 18.4 Å². The fourth-order valence-electron chi connectivity index (χ4n) is 4.01. The number of hydrogen-bond donors (Lipinski definition) is 0. The Morgan fingerprint density at radius 2 is 1.69 bits per heavy atom. The van der Waals surface area contributed by atoms with Crippen LogP contribution in [0.15, 0.2) is 60.8 Å². The van der Waals surface area contributed by atoms with E-state index in [1.165, 1.54) is 42.4 Å². The predicted octanol–water partition coefficient (Wildman–Crippen LogP) is 4.51. The smallest absolute Gasteiger partial charge is 0.119 e. The Kier molecular flexibility index (Phi) is 5.26. The zero-order valence-corrected chi connectivity index (χ0v) is 15.6. The van der Waals surface area contributed by atoms with Gasteiger partial charge in [-0.15, -0.1) is 0 Å². The normalized spacial score (nSPS) is 16.2. The summed E-state index contributed by atoms with van der Waals surface area (Å²) >= 11 is 0. The van der Waals surface area contributed by atoms with Gasteiger partial charge in [0.15, 0.2) is 0 Å². The molecule has 1 fully saturated rings. The molecule has 3 nitrogen and oxygen atoms in total. The van der Waals surface area contributed by atoms with Gasteiger partial charge in [-0.2, -0.15) is 0 Å². The van der Waals surface area contributed by atoms with Crippen molar-refractivity contribution in [1.29, 1.82) is 0 Å². The highest BCUT2D eigenvalue weighted by Crippen LogP contribution is 2.23. The first-order chi connectivity index (χ1) is 12.8. The van der Waals surface area contributed by atoms with Crippen molar-refractivity contribution in [2.24, 2.45) is 13.0 Å². The summed E-state index contributed by atoms with van der Waals surface area (Å²) in [5.74, 6) is 1.68. The fraction of sp³-hybridized carbons (Fsp3) is 0.391. The third-order valence-corrected chi connectivity index (χ3v) is 5.61. The van der Waals surface area contributed by atoms with Gasteiger partial charge in [0.2, 0.25) is 0 Å². The molecule has 0 radical (unpaired) electrons. The molecule has 0 spiro atoms. The molecule has 0 N–H and O–H groups in total. The second-order valence-electron chi connectivity index (χ2n) is 7.44. The zero-order chi connectivity index (χ0) is 17.8. The van der Waals surface area contributed by atoms with Crippen LogP contribution in [0.25, 0.3) is 10.9 Å². The lowest BCUT2D eigenvalue weighted by atomic mass is 9.97. The molecule has 1 aliphatic rings. The van der Waals surface area contributed by atoms with E-state index in [9.17, 15) is 0 Å². The standard InChI is InChI=1S/C23H28N2O/c1-24-17-20(22-9-5-6-10-23(22)24)13-16-25-14-11-19(12-15-25)18-26-21-7-3-2-4-8-21/h2-10,17,19H,11-16,18H2,1H3. The van der Waals surface area contributed by atoms with E-state index in [-0.39, 0.29) is 0 Å². The van der Waals surface area contributed by atoms with Gasteiger partial charge in [-0.1, -0.05) is 36.4 Å². The Bertz CT molecular complexity index is 832. The number of para-hydroxylation sites is 2. The monoisotopic (exact) mass is 348 g/mol. The van der Waals surface area contributed by atoms with E-state index < -0.39 is 0 Å². The molecule has 1 saturated heterocycles. The average Bonchev–Trinajstić information content (AvgIpc) is 3.02. The van der Waals surface area contributed by atoms with Crippen LogP contribution in [0.2, 0.25) is 0 Å². The van der Waals surface area contributed by atoms with Crippen LogP contribution in [-0.2, 0) is 13.5 Å². The van der Waals surface area contributed by atoms with Crippen LogP contribution >= 0.6 is 0 Å². The van der Waals surface area contributed by atoms with E-state index in [0.717, 1.165) is 25.3 Å². The Morgan fingerprint density at radius 1 is 0.962 bits per heavy atom. The van der Waals surface area contributed by atoms with Crippen molar-refractivity contribution in [3.8, 4) is 5.75 Å².